The number of aliphatic hydroxyl groups is 2. The van der Waals surface area contributed by atoms with Gasteiger partial charge in [-0.25, -0.2) is 0 Å². The maximum Gasteiger partial charge on any atom is 0.239 e. The number of benzene rings is 2. The highest BCUT2D eigenvalue weighted by Crippen LogP contribution is 2.44. The highest BCUT2D eigenvalue weighted by molar-refractivity contribution is 5.81. The van der Waals surface area contributed by atoms with E-state index in [2.05, 4.69) is 11.4 Å². The van der Waals surface area contributed by atoms with E-state index >= 15 is 0 Å². The lowest BCUT2D eigenvalue weighted by atomic mass is 9.84. The number of carbonyl (C=O) groups excluding carboxylic acids is 1. The van der Waals surface area contributed by atoms with E-state index in [-0.39, 0.29) is 25.6 Å². The number of rotatable bonds is 6. The molecule has 7 heteroatoms. The van der Waals surface area contributed by atoms with E-state index in [0.29, 0.717) is 16.9 Å². The number of fused-ring (bicyclic) bond motifs is 1. The summed E-state index contributed by atoms with van der Waals surface area (Å²) in [5, 5.41) is 32.2. The van der Waals surface area contributed by atoms with Gasteiger partial charge in [-0.05, 0) is 44.2 Å². The van der Waals surface area contributed by atoms with E-state index in [4.69, 9.17) is 9.84 Å². The molecule has 2 unspecified atom stereocenters. The third kappa shape index (κ3) is 4.34. The van der Waals surface area contributed by atoms with Crippen LogP contribution in [-0.2, 0) is 4.79 Å². The fourth-order valence-corrected chi connectivity index (χ4v) is 3.55. The number of amides is 1. The maximum absolute atomic E-state index is 12.5. The van der Waals surface area contributed by atoms with Crippen molar-refractivity contribution in [2.75, 3.05) is 24.6 Å². The van der Waals surface area contributed by atoms with Crippen molar-refractivity contribution in [3.63, 3.8) is 0 Å². The molecule has 2 atom stereocenters. The van der Waals surface area contributed by atoms with Gasteiger partial charge in [-0.3, -0.25) is 4.79 Å². The molecule has 3 rings (SSSR count). The molecule has 1 amide bonds. The zero-order chi connectivity index (χ0) is 21.0. The quantitative estimate of drug-likeness (QED) is 0.688. The Morgan fingerprint density at radius 2 is 2.00 bits per heavy atom. The van der Waals surface area contributed by atoms with Gasteiger partial charge < -0.3 is 25.2 Å². The van der Waals surface area contributed by atoms with Gasteiger partial charge in [-0.2, -0.15) is 5.26 Å². The third-order valence-corrected chi connectivity index (χ3v) is 5.01. The van der Waals surface area contributed by atoms with Crippen molar-refractivity contribution in [1.82, 2.24) is 5.32 Å². The second kappa shape index (κ2) is 8.52. The molecule has 1 heterocycles. The smallest absolute Gasteiger partial charge is 0.239 e. The Bertz CT molecular complexity index is 908. The van der Waals surface area contributed by atoms with Gasteiger partial charge in [0, 0.05) is 17.8 Å². The predicted molar refractivity (Wildman–Crippen MR) is 108 cm³/mol. The molecule has 2 aromatic rings. The summed E-state index contributed by atoms with van der Waals surface area (Å²) in [5.41, 5.74) is 0.943. The lowest BCUT2D eigenvalue weighted by molar-refractivity contribution is -0.120. The maximum atomic E-state index is 12.5. The number of aliphatic hydroxyl groups excluding tert-OH is 2. The van der Waals surface area contributed by atoms with Gasteiger partial charge in [-0.15, -0.1) is 0 Å². The van der Waals surface area contributed by atoms with E-state index in [9.17, 15) is 15.2 Å². The topological polar surface area (TPSA) is 106 Å². The number of hydrogen-bond donors (Lipinski definition) is 3. The van der Waals surface area contributed by atoms with Crippen LogP contribution in [0.3, 0.4) is 0 Å². The predicted octanol–water partition coefficient (Wildman–Crippen LogP) is 1.75. The summed E-state index contributed by atoms with van der Waals surface area (Å²) in [5.74, 6) is 0.290. The molecule has 0 saturated heterocycles. The van der Waals surface area contributed by atoms with Crippen LogP contribution in [0.5, 0.6) is 5.75 Å². The van der Waals surface area contributed by atoms with Crippen LogP contribution < -0.4 is 15.0 Å². The molecule has 7 nitrogen and oxygen atoms in total. The van der Waals surface area contributed by atoms with Crippen LogP contribution >= 0.6 is 0 Å². The molecule has 1 aliphatic heterocycles. The highest BCUT2D eigenvalue weighted by Gasteiger charge is 2.46. The van der Waals surface area contributed by atoms with Crippen LogP contribution in [0, 0.1) is 11.3 Å². The van der Waals surface area contributed by atoms with E-state index < -0.39 is 17.7 Å². The van der Waals surface area contributed by atoms with E-state index in [1.54, 1.807) is 32.0 Å². The van der Waals surface area contributed by atoms with Crippen LogP contribution in [0.15, 0.2) is 48.5 Å². The Hall–Kier alpha value is -3.08. The fraction of sp³-hybridized carbons (Fsp3) is 0.364. The Morgan fingerprint density at radius 1 is 1.28 bits per heavy atom. The third-order valence-electron chi connectivity index (χ3n) is 5.01. The average molecular weight is 395 g/mol. The van der Waals surface area contributed by atoms with Gasteiger partial charge in [0.05, 0.1) is 30.8 Å². The van der Waals surface area contributed by atoms with Crippen LogP contribution in [-0.4, -0.2) is 47.5 Å². The summed E-state index contributed by atoms with van der Waals surface area (Å²) >= 11 is 0. The van der Waals surface area contributed by atoms with Gasteiger partial charge >= 0.3 is 0 Å². The molecular weight excluding hydrogens is 370 g/mol. The van der Waals surface area contributed by atoms with Gasteiger partial charge in [0.1, 0.15) is 17.5 Å². The Labute approximate surface area is 170 Å². The normalized spacial score (nSPS) is 19.4. The Morgan fingerprint density at radius 3 is 2.66 bits per heavy atom. The summed E-state index contributed by atoms with van der Waals surface area (Å²) in [6.45, 7) is 3.55. The molecular formula is C22H25N3O4. The van der Waals surface area contributed by atoms with Gasteiger partial charge in [-0.1, -0.05) is 18.2 Å². The largest absolute Gasteiger partial charge is 0.485 e. The molecule has 0 aliphatic carbocycles. The SMILES string of the molecule is CC1(C)Oc2ccc(C#N)cc2C(N(CC(=O)NCCO)c2ccccc2)C1O. The summed E-state index contributed by atoms with van der Waals surface area (Å²) in [6.07, 6.45) is -0.963. The van der Waals surface area contributed by atoms with Crippen LogP contribution in [0.25, 0.3) is 0 Å². The summed E-state index contributed by atoms with van der Waals surface area (Å²) < 4.78 is 6.00. The number of para-hydroxylation sites is 1. The van der Waals surface area contributed by atoms with Gasteiger partial charge in [0.15, 0.2) is 0 Å². The first-order valence-corrected chi connectivity index (χ1v) is 9.47. The molecule has 29 heavy (non-hydrogen) atoms. The molecule has 0 spiro atoms. The number of hydrogen-bond acceptors (Lipinski definition) is 6. The minimum atomic E-state index is -0.963. The van der Waals surface area contributed by atoms with Gasteiger partial charge in [0.2, 0.25) is 5.91 Å². The summed E-state index contributed by atoms with van der Waals surface area (Å²) in [7, 11) is 0. The standard InChI is InChI=1S/C22H25N3O4/c1-22(2)21(28)20(17-12-15(13-23)8-9-18(17)29-22)25(14-19(27)24-10-11-26)16-6-4-3-5-7-16/h3-9,12,20-21,26,28H,10-11,14H2,1-2H3,(H,24,27). The average Bonchev–Trinajstić information content (AvgIpc) is 2.72. The first-order chi connectivity index (χ1) is 13.9. The van der Waals surface area contributed by atoms with Crippen molar-refractivity contribution >= 4 is 11.6 Å². The van der Waals surface area contributed by atoms with Crippen molar-refractivity contribution in [3.8, 4) is 11.8 Å². The Balaban J connectivity index is 2.10. The summed E-state index contributed by atoms with van der Waals surface area (Å²) in [4.78, 5) is 14.3. The lowest BCUT2D eigenvalue weighted by Crippen LogP contribution is -2.55. The second-order valence-corrected chi connectivity index (χ2v) is 7.50. The number of nitriles is 1. The molecule has 3 N–H and O–H groups in total. The highest BCUT2D eigenvalue weighted by atomic mass is 16.5. The lowest BCUT2D eigenvalue weighted by Gasteiger charge is -2.47. The van der Waals surface area contributed by atoms with Gasteiger partial charge in [0.25, 0.3) is 0 Å². The number of nitrogens with zero attached hydrogens (tertiary/aromatic N) is 2. The molecule has 0 fully saturated rings. The minimum Gasteiger partial charge on any atom is -0.485 e. The number of ether oxygens (including phenoxy) is 1. The molecule has 0 radical (unpaired) electrons. The Kier molecular flexibility index (Phi) is 6.06. The monoisotopic (exact) mass is 395 g/mol. The minimum absolute atomic E-state index is 0.0297. The van der Waals surface area contributed by atoms with Crippen molar-refractivity contribution in [2.24, 2.45) is 0 Å². The molecule has 152 valence electrons. The molecule has 1 aliphatic rings. The zero-order valence-corrected chi connectivity index (χ0v) is 16.5. The second-order valence-electron chi connectivity index (χ2n) is 7.50. The van der Waals surface area contributed by atoms with Crippen molar-refractivity contribution in [2.45, 2.75) is 31.6 Å². The van der Waals surface area contributed by atoms with Crippen molar-refractivity contribution in [1.29, 1.82) is 5.26 Å². The van der Waals surface area contributed by atoms with E-state index in [0.717, 1.165) is 5.69 Å². The number of anilines is 1. The van der Waals surface area contributed by atoms with E-state index in [1.807, 2.05) is 35.2 Å². The van der Waals surface area contributed by atoms with Crippen LogP contribution in [0.1, 0.15) is 31.0 Å². The molecule has 0 saturated carbocycles. The number of carbonyl (C=O) groups is 1. The number of nitrogens with one attached hydrogen (secondary N) is 1. The van der Waals surface area contributed by atoms with Crippen molar-refractivity contribution in [3.05, 3.63) is 59.7 Å². The summed E-state index contributed by atoms with van der Waals surface area (Å²) in [6, 6.07) is 15.9. The first-order valence-electron chi connectivity index (χ1n) is 9.47. The molecule has 0 aromatic heterocycles. The van der Waals surface area contributed by atoms with Crippen molar-refractivity contribution < 1.29 is 19.7 Å². The fourth-order valence-electron chi connectivity index (χ4n) is 3.55. The van der Waals surface area contributed by atoms with Crippen LogP contribution in [0.4, 0.5) is 5.69 Å². The van der Waals surface area contributed by atoms with E-state index in [1.165, 1.54) is 0 Å². The first kappa shape index (κ1) is 20.6. The zero-order valence-electron chi connectivity index (χ0n) is 16.5. The van der Waals surface area contributed by atoms with Crippen LogP contribution in [0.2, 0.25) is 0 Å². The molecule has 0 bridgehead atoms. The molecule has 2 aromatic carbocycles.